The van der Waals surface area contributed by atoms with Crippen LogP contribution in [0.2, 0.25) is 0 Å². The molecule has 0 spiro atoms. The molecule has 1 fully saturated rings. The molecule has 2 heterocycles. The Bertz CT molecular complexity index is 490. The summed E-state index contributed by atoms with van der Waals surface area (Å²) in [5, 5.41) is 0. The lowest BCUT2D eigenvalue weighted by molar-refractivity contribution is -0.121. The van der Waals surface area contributed by atoms with Crippen LogP contribution < -0.4 is 9.80 Å². The molecule has 102 valence electrons. The Balaban J connectivity index is 1.90. The van der Waals surface area contributed by atoms with Gasteiger partial charge in [0.25, 0.3) is 0 Å². The van der Waals surface area contributed by atoms with Crippen molar-refractivity contribution in [1.29, 1.82) is 0 Å². The van der Waals surface area contributed by atoms with Crippen molar-refractivity contribution in [3.63, 3.8) is 0 Å². The second-order valence-electron chi connectivity index (χ2n) is 5.90. The fraction of sp³-hybridized carbons (Fsp3) is 0.562. The summed E-state index contributed by atoms with van der Waals surface area (Å²) in [7, 11) is 0. The zero-order valence-electron chi connectivity index (χ0n) is 11.9. The number of carbonyl (C=O) groups is 1. The maximum atomic E-state index is 12.3. The van der Waals surface area contributed by atoms with Gasteiger partial charge in [-0.05, 0) is 37.0 Å². The topological polar surface area (TPSA) is 23.6 Å². The molecule has 19 heavy (non-hydrogen) atoms. The third-order valence-electron chi connectivity index (χ3n) is 4.20. The number of rotatable bonds is 2. The average molecular weight is 258 g/mol. The van der Waals surface area contributed by atoms with Crippen molar-refractivity contribution in [2.45, 2.75) is 33.1 Å². The zero-order chi connectivity index (χ0) is 13.4. The van der Waals surface area contributed by atoms with E-state index in [2.05, 4.69) is 23.1 Å². The molecule has 2 aliphatic heterocycles. The number of fused-ring (bicyclic) bond motifs is 1. The molecule has 0 atom stereocenters. The smallest absolute Gasteiger partial charge is 0.229 e. The van der Waals surface area contributed by atoms with Gasteiger partial charge >= 0.3 is 0 Å². The van der Waals surface area contributed by atoms with E-state index in [0.29, 0.717) is 0 Å². The molecule has 0 aliphatic carbocycles. The molecule has 1 aromatic carbocycles. The first-order valence-corrected chi connectivity index (χ1v) is 7.36. The van der Waals surface area contributed by atoms with Gasteiger partial charge in [-0.25, -0.2) is 0 Å². The van der Waals surface area contributed by atoms with Crippen molar-refractivity contribution >= 4 is 17.3 Å². The maximum Gasteiger partial charge on any atom is 0.229 e. The monoisotopic (exact) mass is 258 g/mol. The summed E-state index contributed by atoms with van der Waals surface area (Å²) in [6.45, 7) is 7.10. The van der Waals surface area contributed by atoms with Crippen LogP contribution in [0, 0.1) is 5.92 Å². The summed E-state index contributed by atoms with van der Waals surface area (Å²) in [5.41, 5.74) is 3.74. The Morgan fingerprint density at radius 2 is 1.89 bits per heavy atom. The largest absolute Gasteiger partial charge is 0.371 e. The van der Waals surface area contributed by atoms with Crippen LogP contribution in [0.1, 0.15) is 32.3 Å². The summed E-state index contributed by atoms with van der Waals surface area (Å²) < 4.78 is 0. The van der Waals surface area contributed by atoms with Gasteiger partial charge in [-0.2, -0.15) is 0 Å². The van der Waals surface area contributed by atoms with E-state index in [-0.39, 0.29) is 11.8 Å². The van der Waals surface area contributed by atoms with E-state index in [9.17, 15) is 4.79 Å². The minimum atomic E-state index is 0.0707. The van der Waals surface area contributed by atoms with E-state index in [1.165, 1.54) is 24.1 Å². The number of carbonyl (C=O) groups excluding carboxylic acids is 1. The number of anilines is 2. The van der Waals surface area contributed by atoms with Crippen LogP contribution in [0.4, 0.5) is 11.4 Å². The van der Waals surface area contributed by atoms with E-state index < -0.39 is 0 Å². The first kappa shape index (κ1) is 12.5. The molecular formula is C16H22N2O. The summed E-state index contributed by atoms with van der Waals surface area (Å²) in [6, 6.07) is 6.64. The predicted molar refractivity (Wildman–Crippen MR) is 78.8 cm³/mol. The van der Waals surface area contributed by atoms with E-state index in [1.54, 1.807) is 0 Å². The van der Waals surface area contributed by atoms with Gasteiger partial charge in [-0.3, -0.25) is 4.79 Å². The van der Waals surface area contributed by atoms with Crippen molar-refractivity contribution < 1.29 is 4.79 Å². The SMILES string of the molecule is CC(C)C(=O)N1CCc2ccc(N3CCCC3)cc21. The molecule has 3 heteroatoms. The quantitative estimate of drug-likeness (QED) is 0.814. The van der Waals surface area contributed by atoms with Gasteiger partial charge < -0.3 is 9.80 Å². The molecule has 0 radical (unpaired) electrons. The van der Waals surface area contributed by atoms with Gasteiger partial charge in [0.15, 0.2) is 0 Å². The Hall–Kier alpha value is -1.51. The van der Waals surface area contributed by atoms with Gasteiger partial charge in [0.2, 0.25) is 5.91 Å². The van der Waals surface area contributed by atoms with Gasteiger partial charge in [0.05, 0.1) is 0 Å². The second-order valence-corrected chi connectivity index (χ2v) is 5.90. The highest BCUT2D eigenvalue weighted by atomic mass is 16.2. The maximum absolute atomic E-state index is 12.3. The molecule has 1 amide bonds. The Morgan fingerprint density at radius 1 is 1.16 bits per heavy atom. The van der Waals surface area contributed by atoms with Gasteiger partial charge in [-0.1, -0.05) is 19.9 Å². The highest BCUT2D eigenvalue weighted by Crippen LogP contribution is 2.34. The zero-order valence-corrected chi connectivity index (χ0v) is 11.9. The van der Waals surface area contributed by atoms with E-state index >= 15 is 0 Å². The van der Waals surface area contributed by atoms with E-state index in [0.717, 1.165) is 31.7 Å². The van der Waals surface area contributed by atoms with Gasteiger partial charge in [-0.15, -0.1) is 0 Å². The standard InChI is InChI=1S/C16H22N2O/c1-12(2)16(19)18-10-7-13-5-6-14(11-15(13)18)17-8-3-4-9-17/h5-6,11-12H,3-4,7-10H2,1-2H3. The molecule has 3 rings (SSSR count). The molecule has 0 saturated carbocycles. The Morgan fingerprint density at radius 3 is 2.58 bits per heavy atom. The first-order valence-electron chi connectivity index (χ1n) is 7.36. The number of hydrogen-bond donors (Lipinski definition) is 0. The van der Waals surface area contributed by atoms with Gasteiger partial charge in [0, 0.05) is 36.9 Å². The van der Waals surface area contributed by atoms with E-state index in [4.69, 9.17) is 0 Å². The molecule has 0 N–H and O–H groups in total. The number of amides is 1. The Labute approximate surface area is 115 Å². The second kappa shape index (κ2) is 4.87. The third-order valence-corrected chi connectivity index (χ3v) is 4.20. The fourth-order valence-corrected chi connectivity index (χ4v) is 3.08. The highest BCUT2D eigenvalue weighted by molar-refractivity contribution is 5.97. The van der Waals surface area contributed by atoms with Crippen molar-refractivity contribution in [3.05, 3.63) is 23.8 Å². The molecule has 3 nitrogen and oxygen atoms in total. The van der Waals surface area contributed by atoms with Crippen molar-refractivity contribution in [3.8, 4) is 0 Å². The van der Waals surface area contributed by atoms with Crippen LogP contribution in [0.5, 0.6) is 0 Å². The lowest BCUT2D eigenvalue weighted by Gasteiger charge is -2.23. The number of hydrogen-bond acceptors (Lipinski definition) is 2. The fourth-order valence-electron chi connectivity index (χ4n) is 3.08. The van der Waals surface area contributed by atoms with Crippen molar-refractivity contribution in [1.82, 2.24) is 0 Å². The van der Waals surface area contributed by atoms with Crippen LogP contribution in [-0.4, -0.2) is 25.5 Å². The first-order chi connectivity index (χ1) is 9.16. The highest BCUT2D eigenvalue weighted by Gasteiger charge is 2.27. The number of benzene rings is 1. The molecule has 2 aliphatic rings. The van der Waals surface area contributed by atoms with Gasteiger partial charge in [0.1, 0.15) is 0 Å². The summed E-state index contributed by atoms with van der Waals surface area (Å²) >= 11 is 0. The lowest BCUT2D eigenvalue weighted by Crippen LogP contribution is -2.32. The average Bonchev–Trinajstić information content (AvgIpc) is 3.06. The minimum absolute atomic E-state index is 0.0707. The lowest BCUT2D eigenvalue weighted by atomic mass is 10.1. The molecular weight excluding hydrogens is 236 g/mol. The van der Waals surface area contributed by atoms with Crippen LogP contribution >= 0.6 is 0 Å². The third kappa shape index (κ3) is 2.22. The summed E-state index contributed by atoms with van der Waals surface area (Å²) in [6.07, 6.45) is 3.56. The van der Waals surface area contributed by atoms with Crippen LogP contribution in [-0.2, 0) is 11.2 Å². The summed E-state index contributed by atoms with van der Waals surface area (Å²) in [4.78, 5) is 16.7. The number of nitrogens with zero attached hydrogens (tertiary/aromatic N) is 2. The van der Waals surface area contributed by atoms with Crippen LogP contribution in [0.25, 0.3) is 0 Å². The summed E-state index contributed by atoms with van der Waals surface area (Å²) in [5.74, 6) is 0.318. The Kier molecular flexibility index (Phi) is 3.21. The van der Waals surface area contributed by atoms with Crippen LogP contribution in [0.15, 0.2) is 18.2 Å². The van der Waals surface area contributed by atoms with Crippen LogP contribution in [0.3, 0.4) is 0 Å². The normalized spacial score (nSPS) is 18.3. The molecule has 0 unspecified atom stereocenters. The molecule has 0 aromatic heterocycles. The van der Waals surface area contributed by atoms with E-state index in [1.807, 2.05) is 18.7 Å². The van der Waals surface area contributed by atoms with Crippen molar-refractivity contribution in [2.24, 2.45) is 5.92 Å². The molecule has 1 saturated heterocycles. The molecule has 1 aromatic rings. The predicted octanol–water partition coefficient (Wildman–Crippen LogP) is 2.83. The molecule has 0 bridgehead atoms. The minimum Gasteiger partial charge on any atom is -0.371 e. The van der Waals surface area contributed by atoms with Crippen molar-refractivity contribution in [2.75, 3.05) is 29.4 Å².